The molecular formula is C19H26O2. The lowest BCUT2D eigenvalue weighted by atomic mass is 9.74. The zero-order chi connectivity index (χ0) is 14.9. The van der Waals surface area contributed by atoms with Crippen LogP contribution in [0.1, 0.15) is 62.8 Å². The summed E-state index contributed by atoms with van der Waals surface area (Å²) in [5.74, 6) is 0.750. The summed E-state index contributed by atoms with van der Waals surface area (Å²) in [4.78, 5) is 10.5. The zero-order valence-electron chi connectivity index (χ0n) is 12.7. The molecular weight excluding hydrogens is 260 g/mol. The van der Waals surface area contributed by atoms with E-state index in [1.807, 2.05) is 0 Å². The van der Waals surface area contributed by atoms with Crippen LogP contribution in [0, 0.1) is 5.92 Å². The Labute approximate surface area is 127 Å². The highest BCUT2D eigenvalue weighted by atomic mass is 16.4. The third-order valence-corrected chi connectivity index (χ3v) is 4.50. The van der Waals surface area contributed by atoms with E-state index in [4.69, 9.17) is 5.11 Å². The summed E-state index contributed by atoms with van der Waals surface area (Å²) >= 11 is 0. The average molecular weight is 286 g/mol. The molecule has 2 rings (SSSR count). The molecule has 2 heteroatoms. The van der Waals surface area contributed by atoms with Gasteiger partial charge in [-0.25, -0.2) is 0 Å². The van der Waals surface area contributed by atoms with E-state index in [-0.39, 0.29) is 6.42 Å². The van der Waals surface area contributed by atoms with Gasteiger partial charge in [-0.15, -0.1) is 0 Å². The molecule has 114 valence electrons. The predicted molar refractivity (Wildman–Crippen MR) is 86.4 cm³/mol. The fraction of sp³-hybridized carbons (Fsp3) is 0.526. The van der Waals surface area contributed by atoms with Gasteiger partial charge in [-0.3, -0.25) is 4.79 Å². The van der Waals surface area contributed by atoms with Gasteiger partial charge in [-0.1, -0.05) is 55.3 Å². The number of aliphatic carboxylic acids is 1. The maximum atomic E-state index is 10.5. The number of unbranched alkanes of at least 4 members (excludes halogenated alkanes) is 1. The van der Waals surface area contributed by atoms with Gasteiger partial charge in [0.15, 0.2) is 0 Å². The van der Waals surface area contributed by atoms with Crippen molar-refractivity contribution < 1.29 is 9.90 Å². The number of allylic oxidation sites excluding steroid dienone is 2. The average Bonchev–Trinajstić information content (AvgIpc) is 2.52. The second-order valence-corrected chi connectivity index (χ2v) is 6.05. The molecule has 2 nitrogen and oxygen atoms in total. The van der Waals surface area contributed by atoms with E-state index >= 15 is 0 Å². The Hall–Kier alpha value is -1.57. The number of carboxylic acids is 1. The third kappa shape index (κ3) is 5.37. The molecule has 0 aliphatic heterocycles. The molecule has 1 N–H and O–H groups in total. The number of hydrogen-bond acceptors (Lipinski definition) is 1. The molecule has 0 saturated heterocycles. The lowest BCUT2D eigenvalue weighted by Gasteiger charge is -2.31. The quantitative estimate of drug-likeness (QED) is 0.555. The molecule has 1 aliphatic rings. The Morgan fingerprint density at radius 2 is 1.90 bits per heavy atom. The highest BCUT2D eigenvalue weighted by molar-refractivity contribution is 5.66. The van der Waals surface area contributed by atoms with Gasteiger partial charge in [-0.2, -0.15) is 0 Å². The molecule has 1 aromatic rings. The maximum absolute atomic E-state index is 10.5. The fourth-order valence-corrected chi connectivity index (χ4v) is 3.39. The molecule has 0 heterocycles. The van der Waals surface area contributed by atoms with E-state index < -0.39 is 5.97 Å². The standard InChI is InChI=1S/C19H26O2/c20-19(21)15-7-2-1-4-10-17-13-8-9-14-18(17)16-11-5-3-6-12-16/h1,3-6,11-12,17-18H,2,7-10,13-15H2,(H,20,21). The largest absolute Gasteiger partial charge is 0.481 e. The molecule has 2 atom stereocenters. The van der Waals surface area contributed by atoms with E-state index in [9.17, 15) is 4.79 Å². The van der Waals surface area contributed by atoms with Gasteiger partial charge in [0.25, 0.3) is 0 Å². The Bertz CT molecular complexity index is 450. The summed E-state index contributed by atoms with van der Waals surface area (Å²) in [6, 6.07) is 10.9. The lowest BCUT2D eigenvalue weighted by Crippen LogP contribution is -2.17. The third-order valence-electron chi connectivity index (χ3n) is 4.50. The first-order valence-electron chi connectivity index (χ1n) is 8.19. The second kappa shape index (κ2) is 8.66. The Balaban J connectivity index is 1.82. The Kier molecular flexibility index (Phi) is 6.52. The van der Waals surface area contributed by atoms with Crippen LogP contribution in [0.5, 0.6) is 0 Å². The first kappa shape index (κ1) is 15.8. The smallest absolute Gasteiger partial charge is 0.303 e. The first-order chi connectivity index (χ1) is 10.3. The lowest BCUT2D eigenvalue weighted by molar-refractivity contribution is -0.137. The first-order valence-corrected chi connectivity index (χ1v) is 8.19. The summed E-state index contributed by atoms with van der Waals surface area (Å²) in [6.07, 6.45) is 12.8. The highest BCUT2D eigenvalue weighted by Gasteiger charge is 2.25. The number of benzene rings is 1. The number of carboxylic acid groups (broad SMARTS) is 1. The minimum atomic E-state index is -0.695. The molecule has 1 aliphatic carbocycles. The maximum Gasteiger partial charge on any atom is 0.303 e. The van der Waals surface area contributed by atoms with E-state index in [1.165, 1.54) is 31.2 Å². The zero-order valence-corrected chi connectivity index (χ0v) is 12.7. The fourth-order valence-electron chi connectivity index (χ4n) is 3.39. The number of carbonyl (C=O) groups is 1. The normalized spacial score (nSPS) is 22.5. The molecule has 1 aromatic carbocycles. The van der Waals surface area contributed by atoms with Crippen molar-refractivity contribution >= 4 is 5.97 Å². The molecule has 0 aromatic heterocycles. The van der Waals surface area contributed by atoms with Crippen LogP contribution in [0.25, 0.3) is 0 Å². The Morgan fingerprint density at radius 3 is 2.67 bits per heavy atom. The predicted octanol–water partition coefficient (Wildman–Crippen LogP) is 5.16. The van der Waals surface area contributed by atoms with Crippen LogP contribution < -0.4 is 0 Å². The van der Waals surface area contributed by atoms with Crippen molar-refractivity contribution in [2.75, 3.05) is 0 Å². The minimum absolute atomic E-state index is 0.278. The van der Waals surface area contributed by atoms with Gasteiger partial charge in [0.05, 0.1) is 0 Å². The monoisotopic (exact) mass is 286 g/mol. The van der Waals surface area contributed by atoms with Gasteiger partial charge >= 0.3 is 5.97 Å². The van der Waals surface area contributed by atoms with Crippen molar-refractivity contribution in [2.45, 2.75) is 57.3 Å². The Morgan fingerprint density at radius 1 is 1.14 bits per heavy atom. The van der Waals surface area contributed by atoms with E-state index in [1.54, 1.807) is 0 Å². The summed E-state index contributed by atoms with van der Waals surface area (Å²) in [5.41, 5.74) is 1.49. The molecule has 1 saturated carbocycles. The van der Waals surface area contributed by atoms with Gasteiger partial charge < -0.3 is 5.11 Å². The van der Waals surface area contributed by atoms with Crippen molar-refractivity contribution in [2.24, 2.45) is 5.92 Å². The van der Waals surface area contributed by atoms with E-state index in [0.29, 0.717) is 5.92 Å². The highest BCUT2D eigenvalue weighted by Crippen LogP contribution is 2.39. The number of rotatable bonds is 7. The summed E-state index contributed by atoms with van der Waals surface area (Å²) in [5, 5.41) is 8.61. The van der Waals surface area contributed by atoms with Gasteiger partial charge in [0, 0.05) is 6.42 Å². The van der Waals surface area contributed by atoms with Crippen molar-refractivity contribution in [3.05, 3.63) is 48.0 Å². The molecule has 0 amide bonds. The SMILES string of the molecule is O=C(O)CCCC=CCC1CCCCC1c1ccccc1. The van der Waals surface area contributed by atoms with Crippen molar-refractivity contribution in [1.82, 2.24) is 0 Å². The molecule has 0 spiro atoms. The summed E-state index contributed by atoms with van der Waals surface area (Å²) in [7, 11) is 0. The van der Waals surface area contributed by atoms with Crippen LogP contribution in [0.2, 0.25) is 0 Å². The van der Waals surface area contributed by atoms with Crippen molar-refractivity contribution in [3.8, 4) is 0 Å². The number of hydrogen-bond donors (Lipinski definition) is 1. The molecule has 2 unspecified atom stereocenters. The van der Waals surface area contributed by atoms with Crippen molar-refractivity contribution in [3.63, 3.8) is 0 Å². The van der Waals surface area contributed by atoms with Gasteiger partial charge in [0.1, 0.15) is 0 Å². The van der Waals surface area contributed by atoms with E-state index in [2.05, 4.69) is 42.5 Å². The summed E-state index contributed by atoms with van der Waals surface area (Å²) < 4.78 is 0. The second-order valence-electron chi connectivity index (χ2n) is 6.05. The summed E-state index contributed by atoms with van der Waals surface area (Å²) in [6.45, 7) is 0. The van der Waals surface area contributed by atoms with Gasteiger partial charge in [0.2, 0.25) is 0 Å². The van der Waals surface area contributed by atoms with Crippen LogP contribution in [-0.2, 0) is 4.79 Å². The van der Waals surface area contributed by atoms with Crippen LogP contribution >= 0.6 is 0 Å². The molecule has 1 fully saturated rings. The van der Waals surface area contributed by atoms with Crippen molar-refractivity contribution in [1.29, 1.82) is 0 Å². The minimum Gasteiger partial charge on any atom is -0.481 e. The van der Waals surface area contributed by atoms with Crippen LogP contribution in [0.15, 0.2) is 42.5 Å². The van der Waals surface area contributed by atoms with Crippen LogP contribution in [-0.4, -0.2) is 11.1 Å². The van der Waals surface area contributed by atoms with E-state index in [0.717, 1.165) is 25.2 Å². The van der Waals surface area contributed by atoms with Crippen LogP contribution in [0.4, 0.5) is 0 Å². The molecule has 0 bridgehead atoms. The topological polar surface area (TPSA) is 37.3 Å². The molecule has 0 radical (unpaired) electrons. The van der Waals surface area contributed by atoms with Crippen LogP contribution in [0.3, 0.4) is 0 Å². The van der Waals surface area contributed by atoms with Gasteiger partial charge in [-0.05, 0) is 49.5 Å². The molecule has 21 heavy (non-hydrogen) atoms.